The van der Waals surface area contributed by atoms with Crippen LogP contribution in [0.25, 0.3) is 11.5 Å². The van der Waals surface area contributed by atoms with Crippen molar-refractivity contribution in [1.29, 1.82) is 0 Å². The van der Waals surface area contributed by atoms with Crippen LogP contribution in [0.2, 0.25) is 0 Å². The van der Waals surface area contributed by atoms with Crippen molar-refractivity contribution in [3.05, 3.63) is 15.0 Å². The zero-order chi connectivity index (χ0) is 11.2. The van der Waals surface area contributed by atoms with Crippen molar-refractivity contribution >= 4 is 60.9 Å². The average Bonchev–Trinajstić information content (AvgIpc) is 2.88. The Kier molecular flexibility index (Phi) is 1.46. The predicted octanol–water partition coefficient (Wildman–Crippen LogP) is 1.71. The Bertz CT molecular complexity index is 729. The van der Waals surface area contributed by atoms with Gasteiger partial charge < -0.3 is 14.7 Å². The average molecular weight is 362 g/mol. The number of anilines is 1. The van der Waals surface area contributed by atoms with Gasteiger partial charge in [-0.1, -0.05) is 0 Å². The summed E-state index contributed by atoms with van der Waals surface area (Å²) in [5.41, 5.74) is 7.01. The van der Waals surface area contributed by atoms with Crippen LogP contribution in [0.5, 0.6) is 0 Å². The molecular formula is C9H3Br2N2O2P. The summed E-state index contributed by atoms with van der Waals surface area (Å²) >= 11 is 6.68. The number of pyridine rings is 1. The lowest BCUT2D eigenvalue weighted by molar-refractivity contribution is 0.590. The Morgan fingerprint density at radius 3 is 2.56 bits per heavy atom. The number of hydrogen-bond acceptors (Lipinski definition) is 4. The second-order valence-electron chi connectivity index (χ2n) is 3.73. The molecule has 3 aliphatic heterocycles. The van der Waals surface area contributed by atoms with Gasteiger partial charge in [0.2, 0.25) is 7.14 Å². The highest BCUT2D eigenvalue weighted by molar-refractivity contribution is 9.11. The lowest BCUT2D eigenvalue weighted by atomic mass is 10.3. The molecule has 80 valence electrons. The van der Waals surface area contributed by atoms with E-state index >= 15 is 0 Å². The van der Waals surface area contributed by atoms with Crippen LogP contribution in [0.3, 0.4) is 0 Å². The third-order valence-electron chi connectivity index (χ3n) is 2.83. The Morgan fingerprint density at radius 1 is 1.31 bits per heavy atom. The van der Waals surface area contributed by atoms with Crippen molar-refractivity contribution in [2.75, 3.05) is 5.73 Å². The minimum atomic E-state index is -2.18. The van der Waals surface area contributed by atoms with Crippen molar-refractivity contribution in [2.24, 2.45) is 0 Å². The van der Waals surface area contributed by atoms with Crippen LogP contribution in [0, 0.1) is 0 Å². The Morgan fingerprint density at radius 2 is 2.00 bits per heavy atom. The van der Waals surface area contributed by atoms with E-state index in [9.17, 15) is 4.57 Å². The molecule has 2 N–H and O–H groups in total. The van der Waals surface area contributed by atoms with Gasteiger partial charge in [0.25, 0.3) is 0 Å². The summed E-state index contributed by atoms with van der Waals surface area (Å²) in [6.45, 7) is 0. The highest BCUT2D eigenvalue weighted by Gasteiger charge is 2.74. The van der Waals surface area contributed by atoms with Gasteiger partial charge in [-0.25, -0.2) is 4.98 Å². The summed E-state index contributed by atoms with van der Waals surface area (Å²) in [5.74, 6) is 1.00. The van der Waals surface area contributed by atoms with Gasteiger partial charge in [0, 0.05) is 4.47 Å². The van der Waals surface area contributed by atoms with Crippen molar-refractivity contribution in [1.82, 2.24) is 4.98 Å². The summed E-state index contributed by atoms with van der Waals surface area (Å²) in [6, 6.07) is 1.81. The number of rotatable bonds is 1. The Balaban J connectivity index is 1.97. The van der Waals surface area contributed by atoms with Crippen LogP contribution in [-0.2, 0) is 4.57 Å². The third kappa shape index (κ3) is 0.848. The van der Waals surface area contributed by atoms with E-state index in [4.69, 9.17) is 10.2 Å². The van der Waals surface area contributed by atoms with Gasteiger partial charge in [-0.2, -0.15) is 0 Å². The molecule has 1 atom stereocenters. The number of nitrogen functional groups attached to an aromatic ring is 1. The molecule has 0 radical (unpaired) electrons. The molecule has 2 aromatic heterocycles. The van der Waals surface area contributed by atoms with Crippen LogP contribution in [0.15, 0.2) is 19.4 Å². The molecule has 0 fully saturated rings. The van der Waals surface area contributed by atoms with Crippen LogP contribution in [-0.4, -0.2) is 4.98 Å². The smallest absolute Gasteiger partial charge is 0.214 e. The second-order valence-corrected chi connectivity index (χ2v) is 7.96. The Labute approximate surface area is 107 Å². The largest absolute Gasteiger partial charge is 0.449 e. The molecule has 0 saturated carbocycles. The molecule has 16 heavy (non-hydrogen) atoms. The highest BCUT2D eigenvalue weighted by Crippen LogP contribution is 2.70. The molecule has 0 aliphatic carbocycles. The van der Waals surface area contributed by atoms with E-state index in [2.05, 4.69) is 36.8 Å². The molecule has 5 rings (SSSR count). The fourth-order valence-electron chi connectivity index (χ4n) is 1.90. The molecule has 0 aromatic carbocycles. The van der Waals surface area contributed by atoms with Crippen LogP contribution < -0.4 is 21.8 Å². The van der Waals surface area contributed by atoms with E-state index < -0.39 is 7.14 Å². The van der Waals surface area contributed by atoms with Gasteiger partial charge in [0.15, 0.2) is 11.3 Å². The first-order chi connectivity index (χ1) is 7.55. The molecular weight excluding hydrogens is 359 g/mol. The van der Waals surface area contributed by atoms with Gasteiger partial charge in [0.1, 0.15) is 11.5 Å². The van der Waals surface area contributed by atoms with E-state index in [1.807, 2.05) is 6.07 Å². The fourth-order valence-corrected chi connectivity index (χ4v) is 5.51. The van der Waals surface area contributed by atoms with Gasteiger partial charge in [0.05, 0.1) is 15.1 Å². The van der Waals surface area contributed by atoms with E-state index in [0.29, 0.717) is 22.8 Å². The number of furan rings is 1. The first-order valence-corrected chi connectivity index (χ1v) is 7.75. The van der Waals surface area contributed by atoms with Gasteiger partial charge >= 0.3 is 0 Å². The number of fused-ring (bicyclic) bond motifs is 1. The van der Waals surface area contributed by atoms with Gasteiger partial charge in [-0.3, -0.25) is 0 Å². The summed E-state index contributed by atoms with van der Waals surface area (Å²) in [6.07, 6.45) is 0. The van der Waals surface area contributed by atoms with E-state index in [1.54, 1.807) is 0 Å². The van der Waals surface area contributed by atoms with Crippen LogP contribution in [0.4, 0.5) is 5.82 Å². The molecule has 2 aromatic rings. The number of halogens is 2. The van der Waals surface area contributed by atoms with Gasteiger partial charge in [-0.05, 0) is 37.9 Å². The predicted molar refractivity (Wildman–Crippen MR) is 68.3 cm³/mol. The molecule has 3 aliphatic rings. The molecule has 5 heterocycles. The summed E-state index contributed by atoms with van der Waals surface area (Å²) < 4.78 is 18.8. The topological polar surface area (TPSA) is 69.1 Å². The first-order valence-electron chi connectivity index (χ1n) is 4.45. The maximum Gasteiger partial charge on any atom is 0.214 e. The lowest BCUT2D eigenvalue weighted by Crippen LogP contribution is -1.99. The standard InChI is InChI=1S/C9H3Br2N2O2P/c10-2-1-3(11)8(12)13-4(2)5-6-7-9(15-5)16(6,7)14/h1H,(H2,12,13). The Hall–Kier alpha value is -0.580. The maximum absolute atomic E-state index is 11.8. The quantitative estimate of drug-likeness (QED) is 0.524. The molecule has 0 spiro atoms. The lowest BCUT2D eigenvalue weighted by Gasteiger charge is -2.03. The zero-order valence-electron chi connectivity index (χ0n) is 7.62. The van der Waals surface area contributed by atoms with E-state index in [-0.39, 0.29) is 0 Å². The van der Waals surface area contributed by atoms with E-state index in [1.165, 1.54) is 0 Å². The molecule has 4 nitrogen and oxygen atoms in total. The highest BCUT2D eigenvalue weighted by atomic mass is 79.9. The van der Waals surface area contributed by atoms with Crippen molar-refractivity contribution in [2.45, 2.75) is 0 Å². The van der Waals surface area contributed by atoms with E-state index in [0.717, 1.165) is 19.6 Å². The minimum Gasteiger partial charge on any atom is -0.449 e. The third-order valence-corrected chi connectivity index (χ3v) is 6.62. The number of nitrogens with zero attached hydrogens (tertiary/aromatic N) is 1. The number of hydrogen-bond donors (Lipinski definition) is 1. The maximum atomic E-state index is 11.8. The van der Waals surface area contributed by atoms with Crippen molar-refractivity contribution in [3.8, 4) is 11.5 Å². The molecule has 2 bridgehead atoms. The SMILES string of the molecule is Nc1nc(-c2oc3c4c2P34=O)c(Br)cc1Br. The fraction of sp³-hybridized carbons (Fsp3) is 0. The van der Waals surface area contributed by atoms with Gasteiger partial charge in [-0.15, -0.1) is 0 Å². The van der Waals surface area contributed by atoms with Crippen molar-refractivity contribution < 1.29 is 8.98 Å². The summed E-state index contributed by atoms with van der Waals surface area (Å²) in [5, 5.41) is 1.79. The summed E-state index contributed by atoms with van der Waals surface area (Å²) in [4.78, 5) is 4.23. The molecule has 1 unspecified atom stereocenters. The van der Waals surface area contributed by atoms with Crippen LogP contribution >= 0.6 is 39.0 Å². The van der Waals surface area contributed by atoms with Crippen molar-refractivity contribution in [3.63, 3.8) is 0 Å². The summed E-state index contributed by atoms with van der Waals surface area (Å²) in [7, 11) is -2.18. The molecule has 0 amide bonds. The number of aromatic nitrogens is 1. The monoisotopic (exact) mass is 360 g/mol. The first kappa shape index (κ1) is 9.45. The minimum absolute atomic E-state index is 0.391. The molecule has 0 saturated heterocycles. The van der Waals surface area contributed by atoms with Crippen LogP contribution in [0.1, 0.15) is 0 Å². The zero-order valence-corrected chi connectivity index (χ0v) is 11.7. The normalized spacial score (nSPS) is 23.1. The molecule has 7 heteroatoms. The number of nitrogens with two attached hydrogens (primary N) is 1. The second kappa shape index (κ2) is 2.47.